The number of hydrogen-bond acceptors (Lipinski definition) is 3. The van der Waals surface area contributed by atoms with Gasteiger partial charge in [-0.1, -0.05) is 44.5 Å². The van der Waals surface area contributed by atoms with Crippen LogP contribution in [0.1, 0.15) is 63.0 Å². The van der Waals surface area contributed by atoms with Crippen molar-refractivity contribution in [3.05, 3.63) is 35.4 Å². The highest BCUT2D eigenvalue weighted by Crippen LogP contribution is 2.32. The molecular weight excluding hydrogens is 358 g/mol. The van der Waals surface area contributed by atoms with Gasteiger partial charge in [-0.05, 0) is 75.8 Å². The van der Waals surface area contributed by atoms with E-state index >= 15 is 0 Å². The minimum atomic E-state index is 0.126. The van der Waals surface area contributed by atoms with Crippen LogP contribution in [0.25, 0.3) is 0 Å². The molecule has 4 heteroatoms. The van der Waals surface area contributed by atoms with E-state index in [1.165, 1.54) is 24.0 Å². The number of nitrogens with zero attached hydrogens (tertiary/aromatic N) is 3. The molecule has 162 valence electrons. The summed E-state index contributed by atoms with van der Waals surface area (Å²) in [5.41, 5.74) is 2.80. The third-order valence-corrected chi connectivity index (χ3v) is 7.15. The summed E-state index contributed by atoms with van der Waals surface area (Å²) in [6, 6.07) is 9.54. The molecule has 0 radical (unpaired) electrons. The number of carbonyl (C=O) groups excluding carboxylic acids is 1. The van der Waals surface area contributed by atoms with E-state index < -0.39 is 0 Å². The largest absolute Gasteiger partial charge is 0.342 e. The summed E-state index contributed by atoms with van der Waals surface area (Å²) in [5.74, 6) is 0.961. The van der Waals surface area contributed by atoms with Crippen molar-refractivity contribution in [3.8, 4) is 0 Å². The Morgan fingerprint density at radius 3 is 2.41 bits per heavy atom. The van der Waals surface area contributed by atoms with Gasteiger partial charge in [0.25, 0.3) is 0 Å². The van der Waals surface area contributed by atoms with Gasteiger partial charge in [0.05, 0.1) is 5.92 Å². The lowest BCUT2D eigenvalue weighted by Crippen LogP contribution is -2.50. The molecule has 2 fully saturated rings. The molecule has 0 N–H and O–H groups in total. The number of hydrogen-bond donors (Lipinski definition) is 0. The highest BCUT2D eigenvalue weighted by Gasteiger charge is 2.35. The quantitative estimate of drug-likeness (QED) is 0.693. The first-order valence-corrected chi connectivity index (χ1v) is 11.8. The van der Waals surface area contributed by atoms with Gasteiger partial charge in [0, 0.05) is 26.2 Å². The van der Waals surface area contributed by atoms with E-state index in [1.807, 2.05) is 7.05 Å². The van der Waals surface area contributed by atoms with Crippen molar-refractivity contribution in [2.45, 2.75) is 64.3 Å². The molecule has 0 spiro atoms. The summed E-state index contributed by atoms with van der Waals surface area (Å²) in [6.07, 6.45) is 6.70. The Morgan fingerprint density at radius 1 is 1.10 bits per heavy atom. The smallest absolute Gasteiger partial charge is 0.226 e. The summed E-state index contributed by atoms with van der Waals surface area (Å²) < 4.78 is 0. The van der Waals surface area contributed by atoms with E-state index in [0.29, 0.717) is 17.9 Å². The predicted octanol–water partition coefficient (Wildman–Crippen LogP) is 4.01. The van der Waals surface area contributed by atoms with Crippen molar-refractivity contribution in [1.29, 1.82) is 0 Å². The van der Waals surface area contributed by atoms with Gasteiger partial charge in [0.2, 0.25) is 5.91 Å². The molecule has 1 aromatic carbocycles. The maximum Gasteiger partial charge on any atom is 0.226 e. The topological polar surface area (TPSA) is 26.8 Å². The summed E-state index contributed by atoms with van der Waals surface area (Å²) >= 11 is 0. The van der Waals surface area contributed by atoms with Crippen molar-refractivity contribution in [3.63, 3.8) is 0 Å². The van der Waals surface area contributed by atoms with Crippen LogP contribution in [0.2, 0.25) is 0 Å². The molecule has 29 heavy (non-hydrogen) atoms. The van der Waals surface area contributed by atoms with E-state index in [1.54, 1.807) is 0 Å². The maximum atomic E-state index is 13.5. The SMILES string of the molecule is CCCCN1CC(C(=O)N(C)C2CCN(C)CC2)CC(c2ccc(CC)cc2)C1. The second kappa shape index (κ2) is 10.6. The molecule has 2 aliphatic rings. The summed E-state index contributed by atoms with van der Waals surface area (Å²) in [7, 11) is 4.23. The van der Waals surface area contributed by atoms with Crippen LogP contribution in [0.3, 0.4) is 0 Å². The molecule has 0 aromatic heterocycles. The first kappa shape index (κ1) is 22.3. The second-order valence-corrected chi connectivity index (χ2v) is 9.32. The lowest BCUT2D eigenvalue weighted by molar-refractivity contribution is -0.139. The molecule has 3 rings (SSSR count). The van der Waals surface area contributed by atoms with Crippen molar-refractivity contribution in [2.75, 3.05) is 46.8 Å². The Bertz CT molecular complexity index is 636. The Hall–Kier alpha value is -1.39. The van der Waals surface area contributed by atoms with Crippen molar-refractivity contribution >= 4 is 5.91 Å². The number of rotatable bonds is 7. The average Bonchev–Trinajstić information content (AvgIpc) is 2.77. The van der Waals surface area contributed by atoms with Crippen LogP contribution in [0.5, 0.6) is 0 Å². The lowest BCUT2D eigenvalue weighted by atomic mass is 9.83. The van der Waals surface area contributed by atoms with E-state index in [0.717, 1.165) is 58.4 Å². The van der Waals surface area contributed by atoms with Crippen LogP contribution in [0.15, 0.2) is 24.3 Å². The molecular formula is C25H41N3O. The Labute approximate surface area is 178 Å². The third-order valence-electron chi connectivity index (χ3n) is 7.15. The maximum absolute atomic E-state index is 13.5. The summed E-state index contributed by atoms with van der Waals surface area (Å²) in [6.45, 7) is 9.79. The summed E-state index contributed by atoms with van der Waals surface area (Å²) in [5, 5.41) is 0. The van der Waals surface area contributed by atoms with Gasteiger partial charge in [0.1, 0.15) is 0 Å². The van der Waals surface area contributed by atoms with Crippen LogP contribution in [0.4, 0.5) is 0 Å². The van der Waals surface area contributed by atoms with Crippen LogP contribution in [0, 0.1) is 5.92 Å². The first-order valence-electron chi connectivity index (χ1n) is 11.8. The van der Waals surface area contributed by atoms with Crippen molar-refractivity contribution in [2.24, 2.45) is 5.92 Å². The fraction of sp³-hybridized carbons (Fsp3) is 0.720. The van der Waals surface area contributed by atoms with E-state index in [9.17, 15) is 4.79 Å². The van der Waals surface area contributed by atoms with Gasteiger partial charge in [-0.2, -0.15) is 0 Å². The standard InChI is InChI=1S/C25H41N3O/c1-5-7-14-28-18-22(21-10-8-20(6-2)9-11-21)17-23(19-28)25(29)27(4)24-12-15-26(3)16-13-24/h8-11,22-24H,5-7,12-19H2,1-4H3. The fourth-order valence-electron chi connectivity index (χ4n) is 5.05. The second-order valence-electron chi connectivity index (χ2n) is 9.32. The number of unbranched alkanes of at least 4 members (excludes halogenated alkanes) is 1. The monoisotopic (exact) mass is 399 g/mol. The van der Waals surface area contributed by atoms with Crippen LogP contribution in [-0.2, 0) is 11.2 Å². The van der Waals surface area contributed by atoms with Gasteiger partial charge < -0.3 is 14.7 Å². The fourth-order valence-corrected chi connectivity index (χ4v) is 5.05. The molecule has 1 aromatic rings. The number of carbonyl (C=O) groups is 1. The zero-order valence-corrected chi connectivity index (χ0v) is 19.1. The minimum absolute atomic E-state index is 0.126. The molecule has 0 bridgehead atoms. The zero-order valence-electron chi connectivity index (χ0n) is 19.1. The molecule has 2 unspecified atom stereocenters. The highest BCUT2D eigenvalue weighted by molar-refractivity contribution is 5.79. The Balaban J connectivity index is 1.70. The number of aryl methyl sites for hydroxylation is 1. The number of piperidine rings is 2. The molecule has 4 nitrogen and oxygen atoms in total. The highest BCUT2D eigenvalue weighted by atomic mass is 16.2. The molecule has 2 saturated heterocycles. The molecule has 1 amide bonds. The Kier molecular flexibility index (Phi) is 8.14. The van der Waals surface area contributed by atoms with Crippen molar-refractivity contribution in [1.82, 2.24) is 14.7 Å². The van der Waals surface area contributed by atoms with Gasteiger partial charge in [-0.15, -0.1) is 0 Å². The van der Waals surface area contributed by atoms with E-state index in [4.69, 9.17) is 0 Å². The number of benzene rings is 1. The molecule has 2 aliphatic heterocycles. The molecule has 2 heterocycles. The van der Waals surface area contributed by atoms with E-state index in [2.05, 4.69) is 59.9 Å². The normalized spacial score (nSPS) is 24.6. The Morgan fingerprint density at radius 2 is 1.79 bits per heavy atom. The van der Waals surface area contributed by atoms with Crippen LogP contribution < -0.4 is 0 Å². The van der Waals surface area contributed by atoms with Crippen LogP contribution in [-0.4, -0.2) is 73.5 Å². The number of amides is 1. The average molecular weight is 400 g/mol. The first-order chi connectivity index (χ1) is 14.0. The van der Waals surface area contributed by atoms with E-state index in [-0.39, 0.29) is 5.92 Å². The van der Waals surface area contributed by atoms with Gasteiger partial charge in [-0.25, -0.2) is 0 Å². The zero-order chi connectivity index (χ0) is 20.8. The lowest BCUT2D eigenvalue weighted by Gasteiger charge is -2.41. The third kappa shape index (κ3) is 5.82. The van der Waals surface area contributed by atoms with Crippen LogP contribution >= 0.6 is 0 Å². The predicted molar refractivity (Wildman–Crippen MR) is 121 cm³/mol. The van der Waals surface area contributed by atoms with Gasteiger partial charge in [-0.3, -0.25) is 4.79 Å². The minimum Gasteiger partial charge on any atom is -0.342 e. The molecule has 0 aliphatic carbocycles. The van der Waals surface area contributed by atoms with Gasteiger partial charge >= 0.3 is 0 Å². The molecule has 2 atom stereocenters. The number of likely N-dealkylation sites (tertiary alicyclic amines) is 2. The summed E-state index contributed by atoms with van der Waals surface area (Å²) in [4.78, 5) is 20.5. The molecule has 0 saturated carbocycles. The van der Waals surface area contributed by atoms with Gasteiger partial charge in [0.15, 0.2) is 0 Å². The van der Waals surface area contributed by atoms with Crippen molar-refractivity contribution < 1.29 is 4.79 Å².